The SMILES string of the molecule is CCC1CCC(NCC(C(N)=NO)C(F)(F)F)C1C. The Labute approximate surface area is 111 Å². The minimum Gasteiger partial charge on any atom is -0.409 e. The fourth-order valence-corrected chi connectivity index (χ4v) is 2.84. The van der Waals surface area contributed by atoms with Crippen LogP contribution in [0.25, 0.3) is 0 Å². The van der Waals surface area contributed by atoms with Crippen molar-refractivity contribution in [3.05, 3.63) is 0 Å². The first-order valence-electron chi connectivity index (χ1n) is 6.58. The second kappa shape index (κ2) is 6.45. The van der Waals surface area contributed by atoms with Crippen LogP contribution in [0.2, 0.25) is 0 Å². The quantitative estimate of drug-likeness (QED) is 0.313. The van der Waals surface area contributed by atoms with Gasteiger partial charge in [0.2, 0.25) is 0 Å². The third-order valence-electron chi connectivity index (χ3n) is 4.20. The van der Waals surface area contributed by atoms with E-state index >= 15 is 0 Å². The van der Waals surface area contributed by atoms with Crippen molar-refractivity contribution in [2.45, 2.75) is 45.3 Å². The van der Waals surface area contributed by atoms with Crippen molar-refractivity contribution >= 4 is 5.84 Å². The molecule has 112 valence electrons. The standard InChI is InChI=1S/C12H22F3N3O/c1-3-8-4-5-10(7(8)2)17-6-9(11(16)18-19)12(13,14)15/h7-10,17,19H,3-6H2,1-2H3,(H2,16,18). The monoisotopic (exact) mass is 281 g/mol. The molecule has 1 aliphatic rings. The van der Waals surface area contributed by atoms with Crippen LogP contribution in [0.1, 0.15) is 33.1 Å². The average molecular weight is 281 g/mol. The zero-order valence-corrected chi connectivity index (χ0v) is 11.2. The van der Waals surface area contributed by atoms with Gasteiger partial charge in [-0.15, -0.1) is 0 Å². The Bertz CT molecular complexity index is 320. The van der Waals surface area contributed by atoms with Gasteiger partial charge in [0.15, 0.2) is 5.84 Å². The summed E-state index contributed by atoms with van der Waals surface area (Å²) in [6.45, 7) is 3.81. The summed E-state index contributed by atoms with van der Waals surface area (Å²) < 4.78 is 38.3. The third-order valence-corrected chi connectivity index (χ3v) is 4.20. The maximum absolute atomic E-state index is 12.8. The van der Waals surface area contributed by atoms with Gasteiger partial charge in [-0.3, -0.25) is 0 Å². The molecule has 0 radical (unpaired) electrons. The topological polar surface area (TPSA) is 70.6 Å². The fourth-order valence-electron chi connectivity index (χ4n) is 2.84. The highest BCUT2D eigenvalue weighted by atomic mass is 19.4. The first kappa shape index (κ1) is 16.1. The molecular weight excluding hydrogens is 259 g/mol. The van der Waals surface area contributed by atoms with Crippen molar-refractivity contribution in [3.63, 3.8) is 0 Å². The number of hydrogen-bond acceptors (Lipinski definition) is 3. The Hall–Kier alpha value is -0.980. The Kier molecular flexibility index (Phi) is 5.46. The van der Waals surface area contributed by atoms with E-state index in [4.69, 9.17) is 10.9 Å². The molecule has 0 bridgehead atoms. The Morgan fingerprint density at radius 2 is 2.11 bits per heavy atom. The molecule has 7 heteroatoms. The molecule has 0 aliphatic heterocycles. The van der Waals surface area contributed by atoms with Crippen LogP contribution in [0.3, 0.4) is 0 Å². The van der Waals surface area contributed by atoms with Crippen molar-refractivity contribution in [2.24, 2.45) is 28.6 Å². The molecule has 19 heavy (non-hydrogen) atoms. The lowest BCUT2D eigenvalue weighted by atomic mass is 9.93. The predicted octanol–water partition coefficient (Wildman–Crippen LogP) is 2.33. The van der Waals surface area contributed by atoms with Gasteiger partial charge in [0.1, 0.15) is 5.92 Å². The number of oxime groups is 1. The highest BCUT2D eigenvalue weighted by molar-refractivity contribution is 5.83. The molecule has 0 spiro atoms. The summed E-state index contributed by atoms with van der Waals surface area (Å²) in [5.74, 6) is -1.82. The molecule has 0 amide bonds. The molecular formula is C12H22F3N3O. The van der Waals surface area contributed by atoms with Crippen molar-refractivity contribution in [2.75, 3.05) is 6.54 Å². The van der Waals surface area contributed by atoms with Crippen molar-refractivity contribution < 1.29 is 18.4 Å². The lowest BCUT2D eigenvalue weighted by molar-refractivity contribution is -0.155. The molecule has 4 nitrogen and oxygen atoms in total. The number of nitrogens with one attached hydrogen (secondary N) is 1. The second-order valence-corrected chi connectivity index (χ2v) is 5.24. The van der Waals surface area contributed by atoms with Crippen LogP contribution in [0.15, 0.2) is 5.16 Å². The molecule has 4 atom stereocenters. The van der Waals surface area contributed by atoms with Gasteiger partial charge < -0.3 is 16.3 Å². The molecule has 0 saturated heterocycles. The summed E-state index contributed by atoms with van der Waals surface area (Å²) in [4.78, 5) is 0. The van der Waals surface area contributed by atoms with E-state index in [0.29, 0.717) is 11.8 Å². The summed E-state index contributed by atoms with van der Waals surface area (Å²) in [7, 11) is 0. The van der Waals surface area contributed by atoms with E-state index in [9.17, 15) is 13.2 Å². The summed E-state index contributed by atoms with van der Waals surface area (Å²) in [6.07, 6.45) is -1.55. The molecule has 0 aromatic carbocycles. The molecule has 1 fully saturated rings. The fraction of sp³-hybridized carbons (Fsp3) is 0.917. The molecule has 1 saturated carbocycles. The smallest absolute Gasteiger partial charge is 0.400 e. The molecule has 4 N–H and O–H groups in total. The van der Waals surface area contributed by atoms with Crippen molar-refractivity contribution in [3.8, 4) is 0 Å². The molecule has 0 aromatic heterocycles. The number of alkyl halides is 3. The number of halogens is 3. The Morgan fingerprint density at radius 1 is 1.47 bits per heavy atom. The van der Waals surface area contributed by atoms with E-state index in [1.165, 1.54) is 0 Å². The second-order valence-electron chi connectivity index (χ2n) is 5.24. The van der Waals surface area contributed by atoms with Gasteiger partial charge in [0.25, 0.3) is 0 Å². The van der Waals surface area contributed by atoms with Gasteiger partial charge in [0.05, 0.1) is 0 Å². The zero-order valence-electron chi connectivity index (χ0n) is 11.2. The van der Waals surface area contributed by atoms with Gasteiger partial charge in [-0.1, -0.05) is 25.4 Å². The van der Waals surface area contributed by atoms with E-state index in [0.717, 1.165) is 19.3 Å². The number of amidine groups is 1. The number of hydrogen-bond donors (Lipinski definition) is 3. The summed E-state index contributed by atoms with van der Waals surface area (Å²) in [6, 6.07) is 0.0706. The maximum atomic E-state index is 12.8. The minimum absolute atomic E-state index is 0.0706. The van der Waals surface area contributed by atoms with E-state index < -0.39 is 17.9 Å². The maximum Gasteiger partial charge on any atom is 0.400 e. The van der Waals surface area contributed by atoms with Crippen LogP contribution in [0, 0.1) is 17.8 Å². The normalized spacial score (nSPS) is 30.6. The molecule has 4 unspecified atom stereocenters. The lowest BCUT2D eigenvalue weighted by Gasteiger charge is -2.25. The van der Waals surface area contributed by atoms with Gasteiger partial charge in [-0.2, -0.15) is 13.2 Å². The predicted molar refractivity (Wildman–Crippen MR) is 66.9 cm³/mol. The summed E-state index contributed by atoms with van der Waals surface area (Å²) >= 11 is 0. The summed E-state index contributed by atoms with van der Waals surface area (Å²) in [5.41, 5.74) is 5.12. The van der Waals surface area contributed by atoms with Crippen LogP contribution in [-0.4, -0.2) is 29.8 Å². The van der Waals surface area contributed by atoms with Gasteiger partial charge in [-0.25, -0.2) is 0 Å². The molecule has 1 aliphatic carbocycles. The van der Waals surface area contributed by atoms with Gasteiger partial charge in [0, 0.05) is 12.6 Å². The zero-order chi connectivity index (χ0) is 14.6. The molecule has 1 rings (SSSR count). The molecule has 0 heterocycles. The Balaban J connectivity index is 2.59. The van der Waals surface area contributed by atoms with Gasteiger partial charge >= 0.3 is 6.18 Å². The highest BCUT2D eigenvalue weighted by Gasteiger charge is 2.43. The molecule has 0 aromatic rings. The summed E-state index contributed by atoms with van der Waals surface area (Å²) in [5, 5.41) is 13.8. The van der Waals surface area contributed by atoms with Crippen LogP contribution in [-0.2, 0) is 0 Å². The van der Waals surface area contributed by atoms with Crippen molar-refractivity contribution in [1.29, 1.82) is 0 Å². The average Bonchev–Trinajstić information content (AvgIpc) is 2.68. The van der Waals surface area contributed by atoms with Crippen molar-refractivity contribution in [1.82, 2.24) is 5.32 Å². The first-order valence-corrected chi connectivity index (χ1v) is 6.58. The lowest BCUT2D eigenvalue weighted by Crippen LogP contribution is -2.46. The number of nitrogens with zero attached hydrogens (tertiary/aromatic N) is 1. The Morgan fingerprint density at radius 3 is 2.53 bits per heavy atom. The van der Waals surface area contributed by atoms with E-state index in [1.807, 2.05) is 0 Å². The van der Waals surface area contributed by atoms with Gasteiger partial charge in [-0.05, 0) is 24.7 Å². The van der Waals surface area contributed by atoms with Crippen LogP contribution in [0.5, 0.6) is 0 Å². The van der Waals surface area contributed by atoms with Crippen LogP contribution < -0.4 is 11.1 Å². The largest absolute Gasteiger partial charge is 0.409 e. The third kappa shape index (κ3) is 3.99. The number of nitrogens with two attached hydrogens (primary N) is 1. The highest BCUT2D eigenvalue weighted by Crippen LogP contribution is 2.34. The van der Waals surface area contributed by atoms with E-state index in [2.05, 4.69) is 24.3 Å². The van der Waals surface area contributed by atoms with Crippen LogP contribution in [0.4, 0.5) is 13.2 Å². The number of rotatable bonds is 5. The van der Waals surface area contributed by atoms with E-state index in [1.54, 1.807) is 0 Å². The first-order chi connectivity index (χ1) is 8.81. The minimum atomic E-state index is -4.50. The van der Waals surface area contributed by atoms with E-state index in [-0.39, 0.29) is 12.6 Å². The van der Waals surface area contributed by atoms with Crippen LogP contribution >= 0.6 is 0 Å².